The van der Waals surface area contributed by atoms with E-state index in [1.165, 1.54) is 5.56 Å². The van der Waals surface area contributed by atoms with Crippen LogP contribution in [0.25, 0.3) is 22.5 Å². The van der Waals surface area contributed by atoms with E-state index in [0.29, 0.717) is 5.02 Å². The third-order valence-corrected chi connectivity index (χ3v) is 3.72. The molecule has 0 saturated carbocycles. The lowest BCUT2D eigenvalue weighted by molar-refractivity contribution is 0.779. The van der Waals surface area contributed by atoms with Crippen LogP contribution in [0.2, 0.25) is 5.02 Å². The molecule has 3 heteroatoms. The van der Waals surface area contributed by atoms with E-state index in [4.69, 9.17) is 11.6 Å². The summed E-state index contributed by atoms with van der Waals surface area (Å²) in [6, 6.07) is 18.3. The van der Waals surface area contributed by atoms with Crippen molar-refractivity contribution in [3.05, 3.63) is 65.2 Å². The van der Waals surface area contributed by atoms with Crippen molar-refractivity contribution in [3.63, 3.8) is 0 Å². The predicted octanol–water partition coefficient (Wildman–Crippen LogP) is 4.72. The van der Waals surface area contributed by atoms with E-state index >= 15 is 0 Å². The van der Waals surface area contributed by atoms with Gasteiger partial charge in [-0.2, -0.15) is 5.10 Å². The second-order valence-electron chi connectivity index (χ2n) is 4.87. The molecule has 20 heavy (non-hydrogen) atoms. The van der Waals surface area contributed by atoms with E-state index in [1.807, 2.05) is 42.1 Å². The summed E-state index contributed by atoms with van der Waals surface area (Å²) >= 11 is 6.56. The lowest BCUT2D eigenvalue weighted by Crippen LogP contribution is -1.93. The fraction of sp³-hybridized carbons (Fsp3) is 0.118. The van der Waals surface area contributed by atoms with Crippen LogP contribution in [0, 0.1) is 6.92 Å². The molecule has 3 rings (SSSR count). The Morgan fingerprint density at radius 3 is 2.20 bits per heavy atom. The molecular formula is C17H15ClN2. The Hall–Kier alpha value is -2.06. The Morgan fingerprint density at radius 2 is 1.55 bits per heavy atom. The van der Waals surface area contributed by atoms with Gasteiger partial charge >= 0.3 is 0 Å². The van der Waals surface area contributed by atoms with Crippen molar-refractivity contribution < 1.29 is 0 Å². The molecule has 0 saturated heterocycles. The molecule has 1 aromatic heterocycles. The number of halogens is 1. The predicted molar refractivity (Wildman–Crippen MR) is 83.8 cm³/mol. The Kier molecular flexibility index (Phi) is 3.33. The zero-order valence-electron chi connectivity index (χ0n) is 11.5. The van der Waals surface area contributed by atoms with Crippen LogP contribution in [0.5, 0.6) is 0 Å². The minimum absolute atomic E-state index is 0.697. The molecule has 100 valence electrons. The van der Waals surface area contributed by atoms with E-state index in [0.717, 1.165) is 22.5 Å². The molecule has 0 amide bonds. The van der Waals surface area contributed by atoms with Gasteiger partial charge in [0.1, 0.15) is 5.69 Å². The lowest BCUT2D eigenvalue weighted by Gasteiger charge is -2.02. The van der Waals surface area contributed by atoms with Gasteiger partial charge in [0.05, 0.1) is 10.7 Å². The van der Waals surface area contributed by atoms with Crippen LogP contribution in [0.3, 0.4) is 0 Å². The van der Waals surface area contributed by atoms with E-state index in [-0.39, 0.29) is 0 Å². The Morgan fingerprint density at radius 1 is 0.900 bits per heavy atom. The zero-order chi connectivity index (χ0) is 14.1. The highest BCUT2D eigenvalue weighted by Crippen LogP contribution is 2.35. The molecule has 0 aliphatic heterocycles. The van der Waals surface area contributed by atoms with E-state index in [2.05, 4.69) is 36.3 Å². The second-order valence-corrected chi connectivity index (χ2v) is 5.24. The van der Waals surface area contributed by atoms with Gasteiger partial charge in [-0.25, -0.2) is 0 Å². The van der Waals surface area contributed by atoms with Crippen molar-refractivity contribution in [2.75, 3.05) is 0 Å². The minimum atomic E-state index is 0.697. The van der Waals surface area contributed by atoms with Crippen LogP contribution in [0.15, 0.2) is 54.6 Å². The van der Waals surface area contributed by atoms with Crippen LogP contribution >= 0.6 is 11.6 Å². The topological polar surface area (TPSA) is 17.8 Å². The van der Waals surface area contributed by atoms with Crippen LogP contribution in [0.1, 0.15) is 5.56 Å². The molecular weight excluding hydrogens is 268 g/mol. The summed E-state index contributed by atoms with van der Waals surface area (Å²) in [6.07, 6.45) is 0. The number of benzene rings is 2. The molecule has 0 bridgehead atoms. The molecule has 0 fully saturated rings. The minimum Gasteiger partial charge on any atom is -0.266 e. The Balaban J connectivity index is 2.14. The maximum Gasteiger partial charge on any atom is 0.112 e. The average Bonchev–Trinajstić information content (AvgIpc) is 2.76. The first kappa shape index (κ1) is 12.9. The smallest absolute Gasteiger partial charge is 0.112 e. The van der Waals surface area contributed by atoms with Gasteiger partial charge in [0.25, 0.3) is 0 Å². The standard InChI is InChI=1S/C17H15ClN2/c1-12-8-10-13(11-9-12)16-15(18)17(20(2)19-16)14-6-4-3-5-7-14/h3-11H,1-2H3. The molecule has 0 unspecified atom stereocenters. The van der Waals surface area contributed by atoms with Gasteiger partial charge in [0.15, 0.2) is 0 Å². The van der Waals surface area contributed by atoms with Crippen LogP contribution in [0.4, 0.5) is 0 Å². The molecule has 0 N–H and O–H groups in total. The summed E-state index contributed by atoms with van der Waals surface area (Å²) in [7, 11) is 1.92. The first-order valence-electron chi connectivity index (χ1n) is 6.52. The van der Waals surface area contributed by atoms with Crippen molar-refractivity contribution >= 4 is 11.6 Å². The molecule has 0 radical (unpaired) electrons. The number of hydrogen-bond donors (Lipinski definition) is 0. The maximum absolute atomic E-state index is 6.56. The molecule has 0 atom stereocenters. The number of hydrogen-bond acceptors (Lipinski definition) is 1. The maximum atomic E-state index is 6.56. The van der Waals surface area contributed by atoms with E-state index in [1.54, 1.807) is 0 Å². The number of aromatic nitrogens is 2. The highest BCUT2D eigenvalue weighted by Gasteiger charge is 2.16. The molecule has 0 aliphatic carbocycles. The fourth-order valence-electron chi connectivity index (χ4n) is 2.30. The Labute approximate surface area is 123 Å². The summed E-state index contributed by atoms with van der Waals surface area (Å²) < 4.78 is 1.84. The van der Waals surface area contributed by atoms with Gasteiger partial charge in [0, 0.05) is 18.2 Å². The normalized spacial score (nSPS) is 10.8. The number of rotatable bonds is 2. The third kappa shape index (κ3) is 2.23. The first-order chi connectivity index (χ1) is 9.66. The first-order valence-corrected chi connectivity index (χ1v) is 6.89. The second kappa shape index (κ2) is 5.14. The van der Waals surface area contributed by atoms with Crippen molar-refractivity contribution in [1.29, 1.82) is 0 Å². The van der Waals surface area contributed by atoms with Gasteiger partial charge in [-0.3, -0.25) is 4.68 Å². The van der Waals surface area contributed by atoms with Crippen molar-refractivity contribution in [2.45, 2.75) is 6.92 Å². The summed E-state index contributed by atoms with van der Waals surface area (Å²) in [4.78, 5) is 0. The lowest BCUT2D eigenvalue weighted by atomic mass is 10.1. The Bertz CT molecular complexity index is 728. The molecule has 2 aromatic carbocycles. The molecule has 0 aliphatic rings. The quantitative estimate of drug-likeness (QED) is 0.665. The SMILES string of the molecule is Cc1ccc(-c2nn(C)c(-c3ccccc3)c2Cl)cc1. The van der Waals surface area contributed by atoms with Gasteiger partial charge in [-0.05, 0) is 6.92 Å². The van der Waals surface area contributed by atoms with Crippen molar-refractivity contribution in [2.24, 2.45) is 7.05 Å². The highest BCUT2D eigenvalue weighted by molar-refractivity contribution is 6.35. The molecule has 2 nitrogen and oxygen atoms in total. The van der Waals surface area contributed by atoms with E-state index < -0.39 is 0 Å². The van der Waals surface area contributed by atoms with Crippen molar-refractivity contribution in [1.82, 2.24) is 9.78 Å². The number of aryl methyl sites for hydroxylation is 2. The van der Waals surface area contributed by atoms with Gasteiger partial charge in [-0.1, -0.05) is 71.8 Å². The van der Waals surface area contributed by atoms with Gasteiger partial charge in [-0.15, -0.1) is 0 Å². The van der Waals surface area contributed by atoms with Gasteiger partial charge < -0.3 is 0 Å². The summed E-state index contributed by atoms with van der Waals surface area (Å²) in [6.45, 7) is 2.07. The monoisotopic (exact) mass is 282 g/mol. The largest absolute Gasteiger partial charge is 0.266 e. The van der Waals surface area contributed by atoms with Gasteiger partial charge in [0.2, 0.25) is 0 Å². The number of nitrogens with zero attached hydrogens (tertiary/aromatic N) is 2. The van der Waals surface area contributed by atoms with Crippen LogP contribution in [-0.4, -0.2) is 9.78 Å². The van der Waals surface area contributed by atoms with Crippen LogP contribution < -0.4 is 0 Å². The van der Waals surface area contributed by atoms with Crippen LogP contribution in [-0.2, 0) is 7.05 Å². The van der Waals surface area contributed by atoms with E-state index in [9.17, 15) is 0 Å². The average molecular weight is 283 g/mol. The highest BCUT2D eigenvalue weighted by atomic mass is 35.5. The fourth-order valence-corrected chi connectivity index (χ4v) is 2.68. The molecule has 3 aromatic rings. The molecule has 0 spiro atoms. The van der Waals surface area contributed by atoms with Crippen molar-refractivity contribution in [3.8, 4) is 22.5 Å². The summed E-state index contributed by atoms with van der Waals surface area (Å²) in [5, 5.41) is 5.27. The third-order valence-electron chi connectivity index (χ3n) is 3.36. The summed E-state index contributed by atoms with van der Waals surface area (Å²) in [5.74, 6) is 0. The summed E-state index contributed by atoms with van der Waals surface area (Å²) in [5.41, 5.74) is 5.11. The molecule has 1 heterocycles. The zero-order valence-corrected chi connectivity index (χ0v) is 12.2.